The summed E-state index contributed by atoms with van der Waals surface area (Å²) in [4.78, 5) is 8.07. The fourth-order valence-electron chi connectivity index (χ4n) is 1.77. The van der Waals surface area contributed by atoms with Crippen LogP contribution in [0.3, 0.4) is 0 Å². The third kappa shape index (κ3) is 3.40. The van der Waals surface area contributed by atoms with Gasteiger partial charge in [0.15, 0.2) is 0 Å². The van der Waals surface area contributed by atoms with Gasteiger partial charge in [-0.3, -0.25) is 0 Å². The van der Waals surface area contributed by atoms with Crippen LogP contribution in [0.25, 0.3) is 0 Å². The predicted molar refractivity (Wildman–Crippen MR) is 71.6 cm³/mol. The first-order valence-electron chi connectivity index (χ1n) is 6.16. The molecule has 0 saturated heterocycles. The van der Waals surface area contributed by atoms with E-state index in [0.29, 0.717) is 23.9 Å². The third-order valence-electron chi connectivity index (χ3n) is 2.67. The zero-order valence-electron chi connectivity index (χ0n) is 10.9. The van der Waals surface area contributed by atoms with Crippen molar-refractivity contribution in [1.82, 2.24) is 9.97 Å². The van der Waals surface area contributed by atoms with Crippen molar-refractivity contribution < 1.29 is 9.13 Å². The Balaban J connectivity index is 2.12. The Morgan fingerprint density at radius 1 is 1.32 bits per heavy atom. The van der Waals surface area contributed by atoms with Gasteiger partial charge in [0.25, 0.3) is 0 Å². The maximum Gasteiger partial charge on any atom is 0.218 e. The van der Waals surface area contributed by atoms with E-state index in [1.165, 1.54) is 12.4 Å². The average molecular weight is 261 g/mol. The van der Waals surface area contributed by atoms with E-state index < -0.39 is 0 Å². The van der Waals surface area contributed by atoms with Crippen molar-refractivity contribution in [3.8, 4) is 5.88 Å². The number of hydrogen-bond acceptors (Lipinski definition) is 4. The number of halogens is 1. The van der Waals surface area contributed by atoms with Gasteiger partial charge in [-0.25, -0.2) is 14.4 Å². The minimum atomic E-state index is -0.235. The molecule has 0 aliphatic rings. The molecule has 0 aliphatic heterocycles. The molecule has 19 heavy (non-hydrogen) atoms. The molecule has 4 nitrogen and oxygen atoms in total. The van der Waals surface area contributed by atoms with Gasteiger partial charge in [0, 0.05) is 11.6 Å². The van der Waals surface area contributed by atoms with Gasteiger partial charge in [-0.1, -0.05) is 18.2 Å². The topological polar surface area (TPSA) is 47.0 Å². The van der Waals surface area contributed by atoms with Gasteiger partial charge in [-0.2, -0.15) is 0 Å². The van der Waals surface area contributed by atoms with Gasteiger partial charge in [0.1, 0.15) is 18.0 Å². The second-order valence-corrected chi connectivity index (χ2v) is 4.06. The number of rotatable bonds is 5. The number of benzene rings is 1. The monoisotopic (exact) mass is 261 g/mol. The SMILES string of the molecule is CCOc1cc(NC(C)c2ccccc2F)ncn1. The largest absolute Gasteiger partial charge is 0.478 e. The molecule has 0 fully saturated rings. The molecule has 0 bridgehead atoms. The lowest BCUT2D eigenvalue weighted by molar-refractivity contribution is 0.326. The molecule has 0 saturated carbocycles. The molecular weight excluding hydrogens is 245 g/mol. The van der Waals surface area contributed by atoms with Gasteiger partial charge in [0.05, 0.1) is 12.6 Å². The smallest absolute Gasteiger partial charge is 0.218 e. The predicted octanol–water partition coefficient (Wildman–Crippen LogP) is 3.19. The Hall–Kier alpha value is -2.17. The molecule has 5 heteroatoms. The first-order valence-corrected chi connectivity index (χ1v) is 6.16. The zero-order valence-corrected chi connectivity index (χ0v) is 10.9. The summed E-state index contributed by atoms with van der Waals surface area (Å²) >= 11 is 0. The highest BCUT2D eigenvalue weighted by atomic mass is 19.1. The van der Waals surface area contributed by atoms with E-state index in [9.17, 15) is 4.39 Å². The quantitative estimate of drug-likeness (QED) is 0.898. The summed E-state index contributed by atoms with van der Waals surface area (Å²) in [6, 6.07) is 8.18. The molecule has 1 N–H and O–H groups in total. The zero-order chi connectivity index (χ0) is 13.7. The first-order chi connectivity index (χ1) is 9.20. The van der Waals surface area contributed by atoms with Crippen LogP contribution in [0.2, 0.25) is 0 Å². The molecule has 0 amide bonds. The molecule has 0 radical (unpaired) electrons. The number of hydrogen-bond donors (Lipinski definition) is 1. The van der Waals surface area contributed by atoms with Crippen molar-refractivity contribution in [1.29, 1.82) is 0 Å². The Labute approximate surface area is 111 Å². The highest BCUT2D eigenvalue weighted by Gasteiger charge is 2.11. The van der Waals surface area contributed by atoms with E-state index in [4.69, 9.17) is 4.74 Å². The van der Waals surface area contributed by atoms with Crippen molar-refractivity contribution in [2.45, 2.75) is 19.9 Å². The fourth-order valence-corrected chi connectivity index (χ4v) is 1.77. The van der Waals surface area contributed by atoms with Crippen LogP contribution in [-0.4, -0.2) is 16.6 Å². The molecule has 1 aromatic heterocycles. The first kappa shape index (κ1) is 13.3. The van der Waals surface area contributed by atoms with Crippen molar-refractivity contribution in [3.63, 3.8) is 0 Å². The summed E-state index contributed by atoms with van der Waals surface area (Å²) in [5.74, 6) is 0.872. The molecule has 2 aromatic rings. The second-order valence-electron chi connectivity index (χ2n) is 4.06. The number of aromatic nitrogens is 2. The Bertz CT molecular complexity index is 548. The molecular formula is C14H16FN3O. The van der Waals surface area contributed by atoms with Crippen LogP contribution in [0.4, 0.5) is 10.2 Å². The van der Waals surface area contributed by atoms with Crippen LogP contribution in [0.15, 0.2) is 36.7 Å². The number of nitrogens with zero attached hydrogens (tertiary/aromatic N) is 2. The van der Waals surface area contributed by atoms with E-state index in [0.717, 1.165) is 0 Å². The molecule has 2 rings (SSSR count). The van der Waals surface area contributed by atoms with Crippen molar-refractivity contribution in [2.75, 3.05) is 11.9 Å². The molecule has 1 aromatic carbocycles. The highest BCUT2D eigenvalue weighted by molar-refractivity contribution is 5.40. The van der Waals surface area contributed by atoms with Crippen LogP contribution in [0.5, 0.6) is 5.88 Å². The van der Waals surface area contributed by atoms with Gasteiger partial charge < -0.3 is 10.1 Å². The van der Waals surface area contributed by atoms with E-state index in [2.05, 4.69) is 15.3 Å². The van der Waals surface area contributed by atoms with Crippen molar-refractivity contribution in [2.24, 2.45) is 0 Å². The third-order valence-corrected chi connectivity index (χ3v) is 2.67. The summed E-state index contributed by atoms with van der Waals surface area (Å²) in [6.45, 7) is 4.30. The van der Waals surface area contributed by atoms with Gasteiger partial charge >= 0.3 is 0 Å². The van der Waals surface area contributed by atoms with Gasteiger partial charge in [0.2, 0.25) is 5.88 Å². The standard InChI is InChI=1S/C14H16FN3O/c1-3-19-14-8-13(16-9-17-14)18-10(2)11-6-4-5-7-12(11)15/h4-10H,3H2,1-2H3,(H,16,17,18). The maximum absolute atomic E-state index is 13.6. The summed E-state index contributed by atoms with van der Waals surface area (Å²) < 4.78 is 18.9. The number of anilines is 1. The minimum absolute atomic E-state index is 0.189. The Morgan fingerprint density at radius 3 is 2.84 bits per heavy atom. The Morgan fingerprint density at radius 2 is 2.11 bits per heavy atom. The highest BCUT2D eigenvalue weighted by Crippen LogP contribution is 2.21. The minimum Gasteiger partial charge on any atom is -0.478 e. The van der Waals surface area contributed by atoms with Crippen LogP contribution in [-0.2, 0) is 0 Å². The fraction of sp³-hybridized carbons (Fsp3) is 0.286. The summed E-state index contributed by atoms with van der Waals surface area (Å²) in [5.41, 5.74) is 0.596. The van der Waals surface area contributed by atoms with Crippen LogP contribution in [0, 0.1) is 5.82 Å². The molecule has 1 heterocycles. The van der Waals surface area contributed by atoms with Crippen molar-refractivity contribution in [3.05, 3.63) is 48.0 Å². The van der Waals surface area contributed by atoms with Crippen LogP contribution in [0.1, 0.15) is 25.5 Å². The average Bonchev–Trinajstić information content (AvgIpc) is 2.40. The maximum atomic E-state index is 13.6. The molecule has 0 aliphatic carbocycles. The molecule has 100 valence electrons. The number of ether oxygens (including phenoxy) is 1. The van der Waals surface area contributed by atoms with E-state index in [-0.39, 0.29) is 11.9 Å². The van der Waals surface area contributed by atoms with E-state index >= 15 is 0 Å². The summed E-state index contributed by atoms with van der Waals surface area (Å²) in [5, 5.41) is 3.13. The normalized spacial score (nSPS) is 11.9. The number of nitrogens with one attached hydrogen (secondary N) is 1. The Kier molecular flexibility index (Phi) is 4.28. The lowest BCUT2D eigenvalue weighted by Gasteiger charge is -2.15. The van der Waals surface area contributed by atoms with Crippen LogP contribution < -0.4 is 10.1 Å². The lowest BCUT2D eigenvalue weighted by Crippen LogP contribution is -2.10. The molecule has 1 atom stereocenters. The molecule has 0 spiro atoms. The second kappa shape index (κ2) is 6.13. The summed E-state index contributed by atoms with van der Waals surface area (Å²) in [7, 11) is 0. The van der Waals surface area contributed by atoms with E-state index in [1.807, 2.05) is 19.9 Å². The van der Waals surface area contributed by atoms with Crippen molar-refractivity contribution >= 4 is 5.82 Å². The summed E-state index contributed by atoms with van der Waals surface area (Å²) in [6.07, 6.45) is 1.42. The van der Waals surface area contributed by atoms with Gasteiger partial charge in [-0.15, -0.1) is 0 Å². The lowest BCUT2D eigenvalue weighted by atomic mass is 10.1. The van der Waals surface area contributed by atoms with Crippen LogP contribution >= 0.6 is 0 Å². The van der Waals surface area contributed by atoms with E-state index in [1.54, 1.807) is 18.2 Å². The molecule has 1 unspecified atom stereocenters. The van der Waals surface area contributed by atoms with Gasteiger partial charge in [-0.05, 0) is 19.9 Å².